The maximum atomic E-state index is 13.4. The SMILES string of the molecule is C=C(F)C(=O)Nc1ccc2c(-c3ccccc3CNc3nc(NCC4CCNCC4OC4CCCCCCCC4)nc4c(C(C)C)cnn34)nccc2c1. The normalized spacial score (nSPS) is 18.6. The molecular formula is C42H52FN9O2. The number of piperidine rings is 1. The minimum atomic E-state index is -1.04. The van der Waals surface area contributed by atoms with Crippen molar-refractivity contribution in [2.24, 2.45) is 5.92 Å². The predicted octanol–water partition coefficient (Wildman–Crippen LogP) is 8.41. The van der Waals surface area contributed by atoms with Crippen LogP contribution in [0.25, 0.3) is 27.7 Å². The standard InChI is InChI=1S/C42H52FN9O2/c1-27(2)36-25-48-52-39(36)50-41(46-24-31-18-20-44-26-37(31)54-33-13-8-6-4-5-7-9-14-33)51-42(52)47-23-30-12-10-11-15-34(30)38-35-17-16-32(49-40(53)28(3)43)22-29(35)19-21-45-38/h10-12,15-17,19,21-22,25,27,31,33,37,44H,3-9,13-14,18,20,23-24,26H2,1-2H3,(H,49,53)(H2,46,47,50,51). The highest BCUT2D eigenvalue weighted by atomic mass is 19.1. The minimum absolute atomic E-state index is 0.152. The van der Waals surface area contributed by atoms with E-state index in [0.717, 1.165) is 77.7 Å². The quantitative estimate of drug-likeness (QED) is 0.0934. The van der Waals surface area contributed by atoms with Crippen LogP contribution in [0.4, 0.5) is 22.0 Å². The summed E-state index contributed by atoms with van der Waals surface area (Å²) in [5, 5.41) is 19.8. The molecule has 2 unspecified atom stereocenters. The van der Waals surface area contributed by atoms with Crippen LogP contribution in [0, 0.1) is 5.92 Å². The second-order valence-electron chi connectivity index (χ2n) is 15.0. The van der Waals surface area contributed by atoms with Crippen LogP contribution in [0.5, 0.6) is 0 Å². The summed E-state index contributed by atoms with van der Waals surface area (Å²) < 4.78 is 22.0. The van der Waals surface area contributed by atoms with Crippen molar-refractivity contribution < 1.29 is 13.9 Å². The molecule has 0 radical (unpaired) electrons. The summed E-state index contributed by atoms with van der Waals surface area (Å²) in [6.45, 7) is 10.4. The first-order valence-corrected chi connectivity index (χ1v) is 19.6. The predicted molar refractivity (Wildman–Crippen MR) is 213 cm³/mol. The summed E-state index contributed by atoms with van der Waals surface area (Å²) >= 11 is 0. The van der Waals surface area contributed by atoms with Crippen molar-refractivity contribution in [2.45, 2.75) is 96.3 Å². The Morgan fingerprint density at radius 3 is 2.61 bits per heavy atom. The zero-order valence-electron chi connectivity index (χ0n) is 31.4. The lowest BCUT2D eigenvalue weighted by molar-refractivity contribution is -0.114. The van der Waals surface area contributed by atoms with Gasteiger partial charge >= 0.3 is 0 Å². The summed E-state index contributed by atoms with van der Waals surface area (Å²) in [6, 6.07) is 15.4. The number of halogens is 1. The number of aromatic nitrogens is 5. The monoisotopic (exact) mass is 733 g/mol. The summed E-state index contributed by atoms with van der Waals surface area (Å²) in [5.41, 5.74) is 5.07. The Morgan fingerprint density at radius 1 is 1.02 bits per heavy atom. The van der Waals surface area contributed by atoms with Crippen molar-refractivity contribution >= 4 is 39.9 Å². The molecule has 4 heterocycles. The molecule has 11 nitrogen and oxygen atoms in total. The number of carbonyl (C=O) groups is 1. The molecule has 1 amide bonds. The van der Waals surface area contributed by atoms with Gasteiger partial charge in [0.05, 0.1) is 24.1 Å². The lowest BCUT2D eigenvalue weighted by atomic mass is 9.94. The van der Waals surface area contributed by atoms with Crippen LogP contribution >= 0.6 is 0 Å². The number of nitrogens with one attached hydrogen (secondary N) is 4. The van der Waals surface area contributed by atoms with E-state index in [1.165, 1.54) is 38.5 Å². The van der Waals surface area contributed by atoms with Gasteiger partial charge in [-0.05, 0) is 60.9 Å². The second kappa shape index (κ2) is 17.5. The minimum Gasteiger partial charge on any atom is -0.373 e. The van der Waals surface area contributed by atoms with E-state index >= 15 is 0 Å². The third kappa shape index (κ3) is 8.88. The molecule has 284 valence electrons. The lowest BCUT2D eigenvalue weighted by Crippen LogP contribution is -2.46. The number of rotatable bonds is 12. The highest BCUT2D eigenvalue weighted by Crippen LogP contribution is 2.32. The molecule has 0 bridgehead atoms. The van der Waals surface area contributed by atoms with Gasteiger partial charge in [-0.2, -0.15) is 19.6 Å². The largest absolute Gasteiger partial charge is 0.373 e. The summed E-state index contributed by atoms with van der Waals surface area (Å²) in [4.78, 5) is 26.6. The van der Waals surface area contributed by atoms with Crippen molar-refractivity contribution in [3.63, 3.8) is 0 Å². The molecule has 5 aromatic rings. The Labute approximate surface area is 316 Å². The molecule has 3 aromatic heterocycles. The molecule has 2 fully saturated rings. The fourth-order valence-corrected chi connectivity index (χ4v) is 7.72. The molecule has 0 spiro atoms. The second-order valence-corrected chi connectivity index (χ2v) is 15.0. The first kappa shape index (κ1) is 37.4. The summed E-state index contributed by atoms with van der Waals surface area (Å²) in [6.07, 6.45) is 15.3. The zero-order chi connectivity index (χ0) is 37.4. The van der Waals surface area contributed by atoms with Crippen LogP contribution in [-0.4, -0.2) is 62.3 Å². The molecule has 2 atom stereocenters. The van der Waals surface area contributed by atoms with Crippen LogP contribution in [0.15, 0.2) is 73.3 Å². The number of fused-ring (bicyclic) bond motifs is 2. The maximum Gasteiger partial charge on any atom is 0.283 e. The van der Waals surface area contributed by atoms with Crippen molar-refractivity contribution in [3.8, 4) is 11.3 Å². The summed E-state index contributed by atoms with van der Waals surface area (Å²) in [7, 11) is 0. The molecule has 2 aromatic carbocycles. The Hall–Kier alpha value is -4.94. The fourth-order valence-electron chi connectivity index (χ4n) is 7.72. The van der Waals surface area contributed by atoms with Gasteiger partial charge in [-0.25, -0.2) is 4.39 Å². The van der Waals surface area contributed by atoms with Gasteiger partial charge < -0.3 is 26.0 Å². The van der Waals surface area contributed by atoms with Gasteiger partial charge in [0.15, 0.2) is 11.5 Å². The van der Waals surface area contributed by atoms with Crippen molar-refractivity contribution in [3.05, 3.63) is 84.5 Å². The third-order valence-electron chi connectivity index (χ3n) is 10.8. The lowest BCUT2D eigenvalue weighted by Gasteiger charge is -2.35. The van der Waals surface area contributed by atoms with Gasteiger partial charge in [0.1, 0.15) is 0 Å². The Morgan fingerprint density at radius 2 is 1.81 bits per heavy atom. The van der Waals surface area contributed by atoms with Gasteiger partial charge in [0, 0.05) is 53.9 Å². The third-order valence-corrected chi connectivity index (χ3v) is 10.8. The van der Waals surface area contributed by atoms with Crippen LogP contribution in [0.2, 0.25) is 0 Å². The van der Waals surface area contributed by atoms with E-state index in [1.54, 1.807) is 22.8 Å². The first-order chi connectivity index (χ1) is 26.3. The number of benzene rings is 2. The van der Waals surface area contributed by atoms with E-state index < -0.39 is 11.7 Å². The number of hydrogen-bond donors (Lipinski definition) is 4. The number of pyridine rings is 1. The number of anilines is 3. The van der Waals surface area contributed by atoms with Crippen molar-refractivity contribution in [1.82, 2.24) is 29.9 Å². The van der Waals surface area contributed by atoms with Gasteiger partial charge in [-0.1, -0.05) is 89.3 Å². The molecule has 1 saturated carbocycles. The fraction of sp³-hybridized carbons (Fsp3) is 0.452. The topological polar surface area (TPSA) is 130 Å². The molecule has 12 heteroatoms. The summed E-state index contributed by atoms with van der Waals surface area (Å²) in [5.74, 6) is -0.169. The van der Waals surface area contributed by atoms with E-state index in [2.05, 4.69) is 47.8 Å². The molecule has 1 aliphatic carbocycles. The Kier molecular flexibility index (Phi) is 12.1. The van der Waals surface area contributed by atoms with Gasteiger partial charge in [-0.15, -0.1) is 0 Å². The van der Waals surface area contributed by atoms with E-state index in [0.29, 0.717) is 36.2 Å². The average Bonchev–Trinajstić information content (AvgIpc) is 3.66. The maximum absolute atomic E-state index is 13.4. The molecule has 54 heavy (non-hydrogen) atoms. The highest BCUT2D eigenvalue weighted by Gasteiger charge is 2.29. The molecule has 7 rings (SSSR count). The van der Waals surface area contributed by atoms with Crippen LogP contribution in [-0.2, 0) is 16.1 Å². The molecule has 4 N–H and O–H groups in total. The molecule has 1 saturated heterocycles. The number of carbonyl (C=O) groups excluding carboxylic acids is 1. The van der Waals surface area contributed by atoms with Crippen molar-refractivity contribution in [1.29, 1.82) is 0 Å². The van der Waals surface area contributed by atoms with E-state index in [9.17, 15) is 9.18 Å². The van der Waals surface area contributed by atoms with Crippen LogP contribution < -0.4 is 21.3 Å². The zero-order valence-corrected chi connectivity index (χ0v) is 31.4. The van der Waals surface area contributed by atoms with Gasteiger partial charge in [-0.3, -0.25) is 9.78 Å². The van der Waals surface area contributed by atoms with Crippen LogP contribution in [0.1, 0.15) is 88.7 Å². The van der Waals surface area contributed by atoms with E-state index in [4.69, 9.17) is 24.8 Å². The van der Waals surface area contributed by atoms with E-state index in [-0.39, 0.29) is 12.0 Å². The number of hydrogen-bond acceptors (Lipinski definition) is 9. The van der Waals surface area contributed by atoms with Gasteiger partial charge in [0.2, 0.25) is 11.9 Å². The number of amides is 1. The Bertz CT molecular complexity index is 2070. The van der Waals surface area contributed by atoms with Crippen molar-refractivity contribution in [2.75, 3.05) is 35.6 Å². The molecule has 1 aliphatic heterocycles. The first-order valence-electron chi connectivity index (χ1n) is 19.6. The molecule has 2 aliphatic rings. The Balaban J connectivity index is 1.11. The number of ether oxygens (including phenoxy) is 1. The average molecular weight is 734 g/mol. The number of nitrogens with zero attached hydrogens (tertiary/aromatic N) is 5. The highest BCUT2D eigenvalue weighted by molar-refractivity contribution is 6.04. The molecular weight excluding hydrogens is 682 g/mol. The smallest absolute Gasteiger partial charge is 0.283 e. The van der Waals surface area contributed by atoms with Gasteiger partial charge in [0.25, 0.3) is 5.91 Å². The van der Waals surface area contributed by atoms with Crippen LogP contribution in [0.3, 0.4) is 0 Å². The van der Waals surface area contributed by atoms with E-state index in [1.807, 2.05) is 36.5 Å².